The second kappa shape index (κ2) is 14.8. The number of aliphatic carboxylic acids is 1. The van der Waals surface area contributed by atoms with Crippen molar-refractivity contribution < 1.29 is 34.2 Å². The lowest BCUT2D eigenvalue weighted by Gasteiger charge is -2.27. The normalized spacial score (nSPS) is 15.9. The number of benzene rings is 1. The molecule has 0 aliphatic carbocycles. The highest BCUT2D eigenvalue weighted by Gasteiger charge is 2.33. The number of aliphatic hydroxyl groups is 1. The Bertz CT molecular complexity index is 909. The van der Waals surface area contributed by atoms with E-state index < -0.39 is 59.9 Å². The molecule has 1 rings (SSSR count). The summed E-state index contributed by atoms with van der Waals surface area (Å²) >= 11 is 0. The molecule has 0 saturated heterocycles. The molecule has 6 atom stereocenters. The predicted molar refractivity (Wildman–Crippen MR) is 131 cm³/mol. The fraction of sp³-hybridized carbons (Fsp3) is 0.542. The molecular formula is C24H37N5O7. The molecule has 0 spiro atoms. The summed E-state index contributed by atoms with van der Waals surface area (Å²) in [7, 11) is 0. The van der Waals surface area contributed by atoms with E-state index in [0.717, 1.165) is 0 Å². The van der Waals surface area contributed by atoms with Crippen molar-refractivity contribution in [3.05, 3.63) is 35.9 Å². The fourth-order valence-corrected chi connectivity index (χ4v) is 3.31. The summed E-state index contributed by atoms with van der Waals surface area (Å²) in [6.45, 7) is 4.89. The molecule has 200 valence electrons. The van der Waals surface area contributed by atoms with Crippen molar-refractivity contribution in [1.29, 1.82) is 0 Å². The number of hydrogen-bond acceptors (Lipinski definition) is 7. The van der Waals surface area contributed by atoms with Gasteiger partial charge in [-0.3, -0.25) is 19.2 Å². The molecule has 12 heteroatoms. The zero-order valence-corrected chi connectivity index (χ0v) is 20.8. The molecule has 1 aromatic rings. The average molecular weight is 508 g/mol. The monoisotopic (exact) mass is 507 g/mol. The van der Waals surface area contributed by atoms with E-state index in [9.17, 15) is 34.2 Å². The van der Waals surface area contributed by atoms with Crippen molar-refractivity contribution in [3.63, 3.8) is 0 Å². The molecule has 0 radical (unpaired) electrons. The van der Waals surface area contributed by atoms with Crippen molar-refractivity contribution >= 4 is 29.6 Å². The van der Waals surface area contributed by atoms with Crippen molar-refractivity contribution in [2.45, 2.75) is 76.7 Å². The van der Waals surface area contributed by atoms with Crippen LogP contribution < -0.4 is 27.4 Å². The van der Waals surface area contributed by atoms with Gasteiger partial charge in [0.1, 0.15) is 18.1 Å². The maximum Gasteiger partial charge on any atom is 0.326 e. The second-order valence-electron chi connectivity index (χ2n) is 8.79. The molecular weight excluding hydrogens is 470 g/mol. The lowest BCUT2D eigenvalue weighted by Crippen LogP contribution is -2.60. The van der Waals surface area contributed by atoms with Gasteiger partial charge in [0.2, 0.25) is 23.6 Å². The smallest absolute Gasteiger partial charge is 0.326 e. The number of amides is 4. The number of nitrogens with two attached hydrogens (primary N) is 2. The van der Waals surface area contributed by atoms with Gasteiger partial charge < -0.3 is 37.6 Å². The Balaban J connectivity index is 3.02. The zero-order valence-electron chi connectivity index (χ0n) is 20.8. The van der Waals surface area contributed by atoms with Crippen LogP contribution in [0.25, 0.3) is 0 Å². The molecule has 9 N–H and O–H groups in total. The number of carbonyl (C=O) groups excluding carboxylic acids is 4. The first kappa shape index (κ1) is 30.5. The molecule has 36 heavy (non-hydrogen) atoms. The number of rotatable bonds is 15. The molecule has 0 saturated carbocycles. The maximum absolute atomic E-state index is 12.9. The first-order chi connectivity index (χ1) is 16.9. The highest BCUT2D eigenvalue weighted by atomic mass is 16.4. The summed E-state index contributed by atoms with van der Waals surface area (Å²) in [5, 5.41) is 26.8. The summed E-state index contributed by atoms with van der Waals surface area (Å²) in [6.07, 6.45) is -1.25. The molecule has 1 aromatic carbocycles. The van der Waals surface area contributed by atoms with Crippen LogP contribution in [-0.4, -0.2) is 70.1 Å². The van der Waals surface area contributed by atoms with Gasteiger partial charge in [0.05, 0.1) is 12.1 Å². The van der Waals surface area contributed by atoms with Gasteiger partial charge >= 0.3 is 5.97 Å². The van der Waals surface area contributed by atoms with Crippen LogP contribution in [0.15, 0.2) is 30.3 Å². The Morgan fingerprint density at radius 2 is 1.50 bits per heavy atom. The van der Waals surface area contributed by atoms with Crippen LogP contribution >= 0.6 is 0 Å². The Morgan fingerprint density at radius 3 is 2.00 bits per heavy atom. The fourth-order valence-electron chi connectivity index (χ4n) is 3.31. The number of nitrogens with one attached hydrogen (secondary N) is 3. The number of primary amides is 1. The van der Waals surface area contributed by atoms with Crippen LogP contribution in [0, 0.1) is 5.92 Å². The van der Waals surface area contributed by atoms with E-state index >= 15 is 0 Å². The van der Waals surface area contributed by atoms with Crippen molar-refractivity contribution in [2.24, 2.45) is 17.4 Å². The summed E-state index contributed by atoms with van der Waals surface area (Å²) < 4.78 is 0. The summed E-state index contributed by atoms with van der Waals surface area (Å²) in [5.74, 6) is -4.64. The zero-order chi connectivity index (χ0) is 27.4. The van der Waals surface area contributed by atoms with E-state index in [4.69, 9.17) is 11.5 Å². The van der Waals surface area contributed by atoms with Crippen LogP contribution in [0.5, 0.6) is 0 Å². The molecule has 4 amide bonds. The molecule has 6 unspecified atom stereocenters. The van der Waals surface area contributed by atoms with Crippen molar-refractivity contribution in [3.8, 4) is 0 Å². The largest absolute Gasteiger partial charge is 0.480 e. The first-order valence-electron chi connectivity index (χ1n) is 11.8. The van der Waals surface area contributed by atoms with Gasteiger partial charge in [0, 0.05) is 12.8 Å². The van der Waals surface area contributed by atoms with Crippen LogP contribution in [0.4, 0.5) is 0 Å². The maximum atomic E-state index is 12.9. The van der Waals surface area contributed by atoms with Crippen LogP contribution in [0.1, 0.15) is 45.6 Å². The van der Waals surface area contributed by atoms with Gasteiger partial charge in [0.25, 0.3) is 0 Å². The number of aliphatic hydroxyl groups excluding tert-OH is 1. The Labute approximate surface area is 210 Å². The molecule has 0 heterocycles. The second-order valence-corrected chi connectivity index (χ2v) is 8.79. The number of carboxylic acid groups (broad SMARTS) is 1. The third-order valence-corrected chi connectivity index (χ3v) is 5.83. The molecule has 0 aliphatic heterocycles. The van der Waals surface area contributed by atoms with E-state index in [-0.39, 0.29) is 25.2 Å². The van der Waals surface area contributed by atoms with Gasteiger partial charge in [-0.1, -0.05) is 50.6 Å². The molecule has 0 aliphatic rings. The lowest BCUT2D eigenvalue weighted by atomic mass is 9.98. The van der Waals surface area contributed by atoms with Crippen molar-refractivity contribution in [2.75, 3.05) is 0 Å². The van der Waals surface area contributed by atoms with Crippen LogP contribution in [-0.2, 0) is 30.4 Å². The molecule has 0 fully saturated rings. The van der Waals surface area contributed by atoms with E-state index in [1.165, 1.54) is 6.92 Å². The lowest BCUT2D eigenvalue weighted by molar-refractivity contribution is -0.142. The quantitative estimate of drug-likeness (QED) is 0.152. The Morgan fingerprint density at radius 1 is 0.917 bits per heavy atom. The third kappa shape index (κ3) is 10.0. The minimum atomic E-state index is -1.45. The predicted octanol–water partition coefficient (Wildman–Crippen LogP) is -1.21. The number of carboxylic acids is 1. The minimum absolute atomic E-state index is 0.0156. The van der Waals surface area contributed by atoms with Crippen molar-refractivity contribution in [1.82, 2.24) is 16.0 Å². The minimum Gasteiger partial charge on any atom is -0.480 e. The van der Waals surface area contributed by atoms with Gasteiger partial charge in [-0.05, 0) is 24.8 Å². The number of carbonyl (C=O) groups is 5. The van der Waals surface area contributed by atoms with Gasteiger partial charge in [-0.15, -0.1) is 0 Å². The van der Waals surface area contributed by atoms with E-state index in [2.05, 4.69) is 16.0 Å². The molecule has 12 nitrogen and oxygen atoms in total. The standard InChI is InChI=1S/C24H37N5O7/c1-4-13(2)19(26)22(33)29-20(14(3)30)23(34)27-16(10-11-18(25)31)21(32)28-17(24(35)36)12-15-8-6-5-7-9-15/h5-9,13-14,16-17,19-20,30H,4,10-12,26H2,1-3H3,(H2,25,31)(H,27,34)(H,28,32)(H,29,33)(H,35,36). The molecule has 0 aromatic heterocycles. The average Bonchev–Trinajstić information content (AvgIpc) is 2.83. The van der Waals surface area contributed by atoms with E-state index in [1.807, 2.05) is 6.92 Å². The van der Waals surface area contributed by atoms with Gasteiger partial charge in [-0.2, -0.15) is 0 Å². The van der Waals surface area contributed by atoms with E-state index in [1.54, 1.807) is 37.3 Å². The highest BCUT2D eigenvalue weighted by Crippen LogP contribution is 2.08. The van der Waals surface area contributed by atoms with Gasteiger partial charge in [-0.25, -0.2) is 4.79 Å². The molecule has 0 bridgehead atoms. The number of hydrogen-bond donors (Lipinski definition) is 7. The Hall–Kier alpha value is -3.51. The Kier molecular flexibility index (Phi) is 12.5. The van der Waals surface area contributed by atoms with Crippen LogP contribution in [0.2, 0.25) is 0 Å². The highest BCUT2D eigenvalue weighted by molar-refractivity contribution is 5.94. The SMILES string of the molecule is CCC(C)C(N)C(=O)NC(C(=O)NC(CCC(N)=O)C(=O)NC(Cc1ccccc1)C(=O)O)C(C)O. The summed E-state index contributed by atoms with van der Waals surface area (Å²) in [4.78, 5) is 61.4. The topological polar surface area (TPSA) is 214 Å². The van der Waals surface area contributed by atoms with E-state index in [0.29, 0.717) is 12.0 Å². The first-order valence-corrected chi connectivity index (χ1v) is 11.8. The summed E-state index contributed by atoms with van der Waals surface area (Å²) in [6, 6.07) is 3.58. The summed E-state index contributed by atoms with van der Waals surface area (Å²) in [5.41, 5.74) is 11.7. The van der Waals surface area contributed by atoms with Gasteiger partial charge in [0.15, 0.2) is 0 Å². The third-order valence-electron chi connectivity index (χ3n) is 5.83. The van der Waals surface area contributed by atoms with Crippen LogP contribution in [0.3, 0.4) is 0 Å².